The first-order valence-electron chi connectivity index (χ1n) is 3.79. The standard InChI is InChI=1S/C8H7ClF3NO2/c9-4-5-1-6(8(10,11)12)3-7(2-5)13(14)15/h1-3,14-15H,4H2. The number of alkyl halides is 4. The molecule has 0 unspecified atom stereocenters. The lowest BCUT2D eigenvalue weighted by molar-refractivity contribution is -0.137. The summed E-state index contributed by atoms with van der Waals surface area (Å²) in [6.07, 6.45) is -4.55. The van der Waals surface area contributed by atoms with E-state index in [2.05, 4.69) is 0 Å². The molecule has 0 aliphatic rings. The summed E-state index contributed by atoms with van der Waals surface area (Å²) in [5.41, 5.74) is -1.22. The molecule has 0 saturated carbocycles. The lowest BCUT2D eigenvalue weighted by atomic mass is 10.1. The van der Waals surface area contributed by atoms with E-state index in [0.29, 0.717) is 6.07 Å². The average Bonchev–Trinajstić information content (AvgIpc) is 2.15. The van der Waals surface area contributed by atoms with E-state index in [0.717, 1.165) is 12.1 Å². The van der Waals surface area contributed by atoms with E-state index in [1.807, 2.05) is 0 Å². The number of halogens is 4. The normalized spacial score (nSPS) is 11.6. The van der Waals surface area contributed by atoms with Crippen LogP contribution in [0.15, 0.2) is 18.2 Å². The van der Waals surface area contributed by atoms with Gasteiger partial charge in [-0.05, 0) is 23.8 Å². The van der Waals surface area contributed by atoms with E-state index in [9.17, 15) is 13.2 Å². The number of rotatable bonds is 2. The Balaban J connectivity index is 3.23. The van der Waals surface area contributed by atoms with Gasteiger partial charge >= 0.3 is 6.18 Å². The van der Waals surface area contributed by atoms with Gasteiger partial charge in [0.25, 0.3) is 0 Å². The third kappa shape index (κ3) is 2.98. The summed E-state index contributed by atoms with van der Waals surface area (Å²) in [6.45, 7) is 0. The number of anilines is 1. The van der Waals surface area contributed by atoms with Gasteiger partial charge in [-0.15, -0.1) is 16.8 Å². The first kappa shape index (κ1) is 12.1. The van der Waals surface area contributed by atoms with Gasteiger partial charge in [0, 0.05) is 5.88 Å². The summed E-state index contributed by atoms with van der Waals surface area (Å²) in [5.74, 6) is -0.148. The topological polar surface area (TPSA) is 43.7 Å². The second kappa shape index (κ2) is 4.26. The Kier molecular flexibility index (Phi) is 3.43. The molecule has 0 amide bonds. The molecule has 1 aromatic rings. The fourth-order valence-electron chi connectivity index (χ4n) is 1.03. The number of hydrogen-bond acceptors (Lipinski definition) is 3. The first-order chi connectivity index (χ1) is 6.84. The van der Waals surface area contributed by atoms with E-state index in [-0.39, 0.29) is 22.4 Å². The molecule has 0 aromatic heterocycles. The number of nitrogens with zero attached hydrogens (tertiary/aromatic N) is 1. The fraction of sp³-hybridized carbons (Fsp3) is 0.250. The Morgan fingerprint density at radius 3 is 2.20 bits per heavy atom. The van der Waals surface area contributed by atoms with E-state index in [1.165, 1.54) is 0 Å². The summed E-state index contributed by atoms with van der Waals surface area (Å²) >= 11 is 5.38. The van der Waals surface area contributed by atoms with E-state index >= 15 is 0 Å². The predicted molar refractivity (Wildman–Crippen MR) is 47.1 cm³/mol. The van der Waals surface area contributed by atoms with Gasteiger partial charge in [0.2, 0.25) is 0 Å². The van der Waals surface area contributed by atoms with Crippen molar-refractivity contribution in [3.8, 4) is 0 Å². The fourth-order valence-corrected chi connectivity index (χ4v) is 1.18. The van der Waals surface area contributed by atoms with Crippen molar-refractivity contribution in [1.82, 2.24) is 0 Å². The van der Waals surface area contributed by atoms with Crippen molar-refractivity contribution in [2.75, 3.05) is 5.23 Å². The molecule has 0 aliphatic heterocycles. The quantitative estimate of drug-likeness (QED) is 0.618. The molecule has 15 heavy (non-hydrogen) atoms. The highest BCUT2D eigenvalue weighted by atomic mass is 35.5. The smallest absolute Gasteiger partial charge is 0.264 e. The molecule has 84 valence electrons. The van der Waals surface area contributed by atoms with Crippen LogP contribution in [-0.2, 0) is 12.1 Å². The molecule has 0 bridgehead atoms. The van der Waals surface area contributed by atoms with Crippen LogP contribution in [0.3, 0.4) is 0 Å². The minimum absolute atomic E-state index is 0.148. The average molecular weight is 242 g/mol. The van der Waals surface area contributed by atoms with Gasteiger partial charge in [-0.1, -0.05) is 0 Å². The van der Waals surface area contributed by atoms with Crippen LogP contribution in [0.25, 0.3) is 0 Å². The van der Waals surface area contributed by atoms with Crippen LogP contribution in [0.1, 0.15) is 11.1 Å². The predicted octanol–water partition coefficient (Wildman–Crippen LogP) is 3.03. The van der Waals surface area contributed by atoms with Crippen LogP contribution in [0.4, 0.5) is 18.9 Å². The third-order valence-corrected chi connectivity index (χ3v) is 2.00. The van der Waals surface area contributed by atoms with Crippen LogP contribution in [-0.4, -0.2) is 10.4 Å². The van der Waals surface area contributed by atoms with Crippen LogP contribution < -0.4 is 5.23 Å². The monoisotopic (exact) mass is 241 g/mol. The summed E-state index contributed by atoms with van der Waals surface area (Å²) in [5, 5.41) is 16.8. The van der Waals surface area contributed by atoms with Gasteiger partial charge in [-0.3, -0.25) is 10.4 Å². The molecule has 0 spiro atoms. The molecule has 3 nitrogen and oxygen atoms in total. The minimum atomic E-state index is -4.55. The molecule has 0 heterocycles. The number of hydrogen-bond donors (Lipinski definition) is 2. The summed E-state index contributed by atoms with van der Waals surface area (Å²) in [7, 11) is 0. The highest BCUT2D eigenvalue weighted by Crippen LogP contribution is 2.32. The molecule has 2 N–H and O–H groups in total. The van der Waals surface area contributed by atoms with Crippen LogP contribution in [0, 0.1) is 0 Å². The molecule has 0 radical (unpaired) electrons. The summed E-state index contributed by atoms with van der Waals surface area (Å²) < 4.78 is 37.0. The van der Waals surface area contributed by atoms with Crippen molar-refractivity contribution < 1.29 is 23.6 Å². The van der Waals surface area contributed by atoms with Crippen molar-refractivity contribution in [2.24, 2.45) is 0 Å². The van der Waals surface area contributed by atoms with Gasteiger partial charge in [0.05, 0.1) is 11.3 Å². The lowest BCUT2D eigenvalue weighted by Crippen LogP contribution is -2.13. The molecule has 7 heteroatoms. The molecule has 0 saturated heterocycles. The van der Waals surface area contributed by atoms with Crippen molar-refractivity contribution >= 4 is 17.3 Å². The maximum absolute atomic E-state index is 12.3. The molecular weight excluding hydrogens is 235 g/mol. The maximum atomic E-state index is 12.3. The zero-order chi connectivity index (χ0) is 11.6. The number of benzene rings is 1. The second-order valence-corrected chi connectivity index (χ2v) is 3.08. The van der Waals surface area contributed by atoms with Gasteiger partial charge in [-0.25, -0.2) is 0 Å². The van der Waals surface area contributed by atoms with Crippen molar-refractivity contribution in [3.63, 3.8) is 0 Å². The van der Waals surface area contributed by atoms with Gasteiger partial charge in [0.15, 0.2) is 0 Å². The van der Waals surface area contributed by atoms with Crippen LogP contribution >= 0.6 is 11.6 Å². The highest BCUT2D eigenvalue weighted by molar-refractivity contribution is 6.17. The Bertz CT molecular complexity index is 354. The molecule has 1 rings (SSSR count). The van der Waals surface area contributed by atoms with Crippen molar-refractivity contribution in [1.29, 1.82) is 0 Å². The Hall–Kier alpha value is -0.980. The second-order valence-electron chi connectivity index (χ2n) is 2.81. The SMILES string of the molecule is ON(O)c1cc(CCl)cc(C(F)(F)F)c1. The largest absolute Gasteiger partial charge is 0.416 e. The maximum Gasteiger partial charge on any atom is 0.416 e. The Morgan fingerprint density at radius 1 is 1.20 bits per heavy atom. The summed E-state index contributed by atoms with van der Waals surface area (Å²) in [4.78, 5) is 0. The zero-order valence-electron chi connectivity index (χ0n) is 7.29. The van der Waals surface area contributed by atoms with E-state index in [1.54, 1.807) is 0 Å². The van der Waals surface area contributed by atoms with Crippen LogP contribution in [0.2, 0.25) is 0 Å². The zero-order valence-corrected chi connectivity index (χ0v) is 8.05. The van der Waals surface area contributed by atoms with Crippen molar-refractivity contribution in [2.45, 2.75) is 12.1 Å². The molecule has 0 atom stereocenters. The lowest BCUT2D eigenvalue weighted by Gasteiger charge is -2.13. The van der Waals surface area contributed by atoms with Gasteiger partial charge in [-0.2, -0.15) is 13.2 Å². The molecule has 0 fully saturated rings. The van der Waals surface area contributed by atoms with Gasteiger partial charge in [0.1, 0.15) is 0 Å². The van der Waals surface area contributed by atoms with Crippen LogP contribution in [0.5, 0.6) is 0 Å². The van der Waals surface area contributed by atoms with E-state index < -0.39 is 11.7 Å². The van der Waals surface area contributed by atoms with Gasteiger partial charge < -0.3 is 0 Å². The molecule has 0 aliphatic carbocycles. The highest BCUT2D eigenvalue weighted by Gasteiger charge is 2.31. The molecule has 1 aromatic carbocycles. The Morgan fingerprint density at radius 2 is 1.80 bits per heavy atom. The molecular formula is C8H7ClF3NO2. The minimum Gasteiger partial charge on any atom is -0.264 e. The third-order valence-electron chi connectivity index (χ3n) is 1.69. The van der Waals surface area contributed by atoms with Crippen molar-refractivity contribution in [3.05, 3.63) is 29.3 Å². The first-order valence-corrected chi connectivity index (χ1v) is 4.33. The summed E-state index contributed by atoms with van der Waals surface area (Å²) in [6, 6.07) is 2.60. The van der Waals surface area contributed by atoms with E-state index in [4.69, 9.17) is 22.0 Å². The Labute approximate surface area is 88.2 Å².